The average molecular weight is 302 g/mol. The number of hydrazone groups is 1. The van der Waals surface area contributed by atoms with Gasteiger partial charge in [-0.2, -0.15) is 10.2 Å². The van der Waals surface area contributed by atoms with E-state index in [1.165, 1.54) is 17.8 Å². The van der Waals surface area contributed by atoms with Gasteiger partial charge in [0.15, 0.2) is 0 Å². The lowest BCUT2D eigenvalue weighted by atomic mass is 10.3. The number of amides is 1. The van der Waals surface area contributed by atoms with Crippen molar-refractivity contribution in [3.63, 3.8) is 0 Å². The highest BCUT2D eigenvalue weighted by atomic mass is 16.6. The van der Waals surface area contributed by atoms with Crippen LogP contribution in [-0.4, -0.2) is 31.8 Å². The third-order valence-corrected chi connectivity index (χ3v) is 2.91. The fraction of sp³-hybridized carbons (Fsp3) is 0.231. The number of hydrogen-bond acceptors (Lipinski definition) is 6. The maximum atomic E-state index is 11.8. The van der Waals surface area contributed by atoms with E-state index in [4.69, 9.17) is 0 Å². The number of nitro groups is 1. The van der Waals surface area contributed by atoms with Crippen molar-refractivity contribution in [2.24, 2.45) is 5.10 Å². The second-order valence-corrected chi connectivity index (χ2v) is 4.51. The Bertz CT molecular complexity index is 723. The fourth-order valence-corrected chi connectivity index (χ4v) is 1.91. The van der Waals surface area contributed by atoms with E-state index in [2.05, 4.69) is 20.6 Å². The molecule has 1 amide bonds. The van der Waals surface area contributed by atoms with E-state index in [9.17, 15) is 14.9 Å². The van der Waals surface area contributed by atoms with Gasteiger partial charge in [0.05, 0.1) is 11.1 Å². The van der Waals surface area contributed by atoms with Crippen LogP contribution in [0, 0.1) is 24.0 Å². The molecule has 114 valence electrons. The van der Waals surface area contributed by atoms with Gasteiger partial charge in [0.25, 0.3) is 5.91 Å². The molecule has 9 nitrogen and oxygen atoms in total. The van der Waals surface area contributed by atoms with Gasteiger partial charge in [0.1, 0.15) is 17.9 Å². The van der Waals surface area contributed by atoms with Crippen LogP contribution in [0.3, 0.4) is 0 Å². The van der Waals surface area contributed by atoms with Gasteiger partial charge >= 0.3 is 5.69 Å². The van der Waals surface area contributed by atoms with Crippen LogP contribution in [0.1, 0.15) is 17.0 Å². The maximum absolute atomic E-state index is 11.8. The van der Waals surface area contributed by atoms with Gasteiger partial charge in [0, 0.05) is 18.0 Å². The Hall–Kier alpha value is -3.10. The van der Waals surface area contributed by atoms with Gasteiger partial charge in [-0.15, -0.1) is 0 Å². The van der Waals surface area contributed by atoms with E-state index in [-0.39, 0.29) is 17.9 Å². The summed E-state index contributed by atoms with van der Waals surface area (Å²) in [6, 6.07) is 3.53. The van der Waals surface area contributed by atoms with Gasteiger partial charge in [-0.05, 0) is 19.9 Å². The molecule has 0 aliphatic heterocycles. The zero-order valence-corrected chi connectivity index (χ0v) is 12.1. The van der Waals surface area contributed by atoms with Crippen LogP contribution in [0.4, 0.5) is 5.69 Å². The predicted molar refractivity (Wildman–Crippen MR) is 78.3 cm³/mol. The summed E-state index contributed by atoms with van der Waals surface area (Å²) in [7, 11) is 0. The Morgan fingerprint density at radius 3 is 2.91 bits per heavy atom. The molecule has 0 saturated heterocycles. The number of carbonyl (C=O) groups excluding carboxylic acids is 1. The van der Waals surface area contributed by atoms with Crippen LogP contribution in [0.5, 0.6) is 0 Å². The third-order valence-electron chi connectivity index (χ3n) is 2.91. The van der Waals surface area contributed by atoms with Crippen LogP contribution in [0.2, 0.25) is 0 Å². The Morgan fingerprint density at radius 1 is 1.55 bits per heavy atom. The molecule has 2 rings (SSSR count). The highest BCUT2D eigenvalue weighted by molar-refractivity contribution is 5.81. The van der Waals surface area contributed by atoms with Crippen molar-refractivity contribution in [2.75, 3.05) is 0 Å². The molecule has 0 bridgehead atoms. The molecule has 0 atom stereocenters. The number of carbonyl (C=O) groups is 1. The number of nitrogens with one attached hydrogen (secondary N) is 1. The molecule has 0 aliphatic rings. The van der Waals surface area contributed by atoms with Crippen LogP contribution < -0.4 is 5.43 Å². The molecule has 0 aromatic carbocycles. The lowest BCUT2D eigenvalue weighted by Crippen LogP contribution is -2.24. The first-order valence-corrected chi connectivity index (χ1v) is 6.39. The largest absolute Gasteiger partial charge is 0.312 e. The van der Waals surface area contributed by atoms with Crippen LogP contribution in [0.25, 0.3) is 0 Å². The molecule has 0 unspecified atom stereocenters. The number of hydrogen-bond donors (Lipinski definition) is 1. The van der Waals surface area contributed by atoms with Crippen molar-refractivity contribution >= 4 is 17.8 Å². The zero-order valence-electron chi connectivity index (χ0n) is 12.1. The first kappa shape index (κ1) is 15.3. The summed E-state index contributed by atoms with van der Waals surface area (Å²) < 4.78 is 1.28. The SMILES string of the molecule is Cc1nn(CC(=O)N/N=C/c2cccnc2)c(C)c1[N+](=O)[O-]. The molecule has 9 heteroatoms. The van der Waals surface area contributed by atoms with Crippen LogP contribution in [0.15, 0.2) is 29.6 Å². The normalized spacial score (nSPS) is 10.8. The smallest absolute Gasteiger partial charge is 0.271 e. The second kappa shape index (κ2) is 6.57. The topological polar surface area (TPSA) is 115 Å². The quantitative estimate of drug-likeness (QED) is 0.501. The van der Waals surface area contributed by atoms with Crippen molar-refractivity contribution in [1.29, 1.82) is 0 Å². The minimum absolute atomic E-state index is 0.0772. The minimum Gasteiger partial charge on any atom is -0.271 e. The first-order chi connectivity index (χ1) is 10.5. The molecule has 0 spiro atoms. The summed E-state index contributed by atoms with van der Waals surface area (Å²) in [4.78, 5) is 26.1. The van der Waals surface area contributed by atoms with Crippen LogP contribution in [-0.2, 0) is 11.3 Å². The number of pyridine rings is 1. The molecule has 0 fully saturated rings. The number of nitrogens with zero attached hydrogens (tertiary/aromatic N) is 5. The molecule has 0 aliphatic carbocycles. The van der Waals surface area contributed by atoms with Crippen molar-refractivity contribution in [1.82, 2.24) is 20.2 Å². The van der Waals surface area contributed by atoms with Gasteiger partial charge < -0.3 is 0 Å². The van der Waals surface area contributed by atoms with Crippen molar-refractivity contribution in [2.45, 2.75) is 20.4 Å². The summed E-state index contributed by atoms with van der Waals surface area (Å²) in [6.45, 7) is 2.93. The van der Waals surface area contributed by atoms with E-state index in [0.29, 0.717) is 5.69 Å². The summed E-state index contributed by atoms with van der Waals surface area (Å²) in [5, 5.41) is 18.7. The number of aryl methyl sites for hydroxylation is 1. The summed E-state index contributed by atoms with van der Waals surface area (Å²) in [6.07, 6.45) is 4.68. The molecule has 2 aromatic heterocycles. The molecule has 1 N–H and O–H groups in total. The van der Waals surface area contributed by atoms with Gasteiger partial charge in [-0.1, -0.05) is 6.07 Å². The third kappa shape index (κ3) is 3.51. The Labute approximate surface area is 125 Å². The lowest BCUT2D eigenvalue weighted by Gasteiger charge is -2.02. The van der Waals surface area contributed by atoms with Crippen molar-refractivity contribution in [3.05, 3.63) is 51.6 Å². The molecular formula is C13H14N6O3. The highest BCUT2D eigenvalue weighted by Crippen LogP contribution is 2.21. The fourth-order valence-electron chi connectivity index (χ4n) is 1.91. The Balaban J connectivity index is 2.00. The Kier molecular flexibility index (Phi) is 4.57. The standard InChI is InChI=1S/C13H14N6O3/c1-9-13(19(21)22)10(2)18(17-9)8-12(20)16-15-7-11-4-3-5-14-6-11/h3-7H,8H2,1-2H3,(H,16,20)/b15-7+. The second-order valence-electron chi connectivity index (χ2n) is 4.51. The van der Waals surface area contributed by atoms with E-state index in [0.717, 1.165) is 5.56 Å². The minimum atomic E-state index is -0.507. The van der Waals surface area contributed by atoms with Gasteiger partial charge in [-0.3, -0.25) is 24.6 Å². The first-order valence-electron chi connectivity index (χ1n) is 6.39. The Morgan fingerprint density at radius 2 is 2.32 bits per heavy atom. The average Bonchev–Trinajstić information content (AvgIpc) is 2.74. The highest BCUT2D eigenvalue weighted by Gasteiger charge is 2.22. The maximum Gasteiger partial charge on any atom is 0.312 e. The van der Waals surface area contributed by atoms with Crippen LogP contribution >= 0.6 is 0 Å². The molecule has 0 saturated carbocycles. The monoisotopic (exact) mass is 302 g/mol. The zero-order chi connectivity index (χ0) is 16.1. The number of aromatic nitrogens is 3. The molecular weight excluding hydrogens is 288 g/mol. The van der Waals surface area contributed by atoms with Gasteiger partial charge in [0.2, 0.25) is 0 Å². The summed E-state index contributed by atoms with van der Waals surface area (Å²) in [5.74, 6) is -0.430. The molecule has 0 radical (unpaired) electrons. The van der Waals surface area contributed by atoms with E-state index < -0.39 is 10.8 Å². The van der Waals surface area contributed by atoms with Crippen molar-refractivity contribution < 1.29 is 9.72 Å². The van der Waals surface area contributed by atoms with E-state index >= 15 is 0 Å². The lowest BCUT2D eigenvalue weighted by molar-refractivity contribution is -0.386. The predicted octanol–water partition coefficient (Wildman–Crippen LogP) is 0.953. The summed E-state index contributed by atoms with van der Waals surface area (Å²) in [5.41, 5.74) is 3.60. The summed E-state index contributed by atoms with van der Waals surface area (Å²) >= 11 is 0. The van der Waals surface area contributed by atoms with Gasteiger partial charge in [-0.25, -0.2) is 5.43 Å². The van der Waals surface area contributed by atoms with E-state index in [1.807, 2.05) is 0 Å². The molecule has 2 aromatic rings. The van der Waals surface area contributed by atoms with Crippen molar-refractivity contribution in [3.8, 4) is 0 Å². The van der Waals surface area contributed by atoms with E-state index in [1.54, 1.807) is 31.5 Å². The number of rotatable bonds is 5. The molecule has 22 heavy (non-hydrogen) atoms. The molecule has 2 heterocycles.